The van der Waals surface area contributed by atoms with Crippen molar-refractivity contribution in [2.24, 2.45) is 5.92 Å². The van der Waals surface area contributed by atoms with E-state index < -0.39 is 0 Å². The molecule has 3 rings (SSSR count). The molecule has 2 aromatic rings. The quantitative estimate of drug-likeness (QED) is 0.854. The van der Waals surface area contributed by atoms with Crippen molar-refractivity contribution in [1.82, 2.24) is 10.3 Å². The van der Waals surface area contributed by atoms with Gasteiger partial charge in [-0.15, -0.1) is 0 Å². The molecule has 0 radical (unpaired) electrons. The average molecular weight is 349 g/mol. The fourth-order valence-corrected chi connectivity index (χ4v) is 3.54. The standard InChI is InChI=1S/C19H25ClN2O2/c1-12(2)11-22-13-3-5-14(6-4-13)24-17-8-7-16-15(18(17)20)9-10-21-19(16)23/h7-10,12-14,22H,3-6,11H2,1-2H3,(H,21,23). The number of hydrogen-bond acceptors (Lipinski definition) is 3. The van der Waals surface area contributed by atoms with Crippen LogP contribution in [0.25, 0.3) is 10.8 Å². The summed E-state index contributed by atoms with van der Waals surface area (Å²) in [5.41, 5.74) is -0.127. The number of ether oxygens (including phenoxy) is 1. The second-order valence-corrected chi connectivity index (χ2v) is 7.42. The van der Waals surface area contributed by atoms with Gasteiger partial charge in [-0.3, -0.25) is 4.79 Å². The van der Waals surface area contributed by atoms with Gasteiger partial charge in [0.25, 0.3) is 5.56 Å². The van der Waals surface area contributed by atoms with Gasteiger partial charge in [0, 0.05) is 23.0 Å². The zero-order valence-corrected chi connectivity index (χ0v) is 15.0. The molecule has 0 aliphatic heterocycles. The maximum Gasteiger partial charge on any atom is 0.255 e. The van der Waals surface area contributed by atoms with Crippen molar-refractivity contribution in [2.45, 2.75) is 51.7 Å². The Bertz CT molecular complexity index is 749. The lowest BCUT2D eigenvalue weighted by Gasteiger charge is -2.30. The van der Waals surface area contributed by atoms with Gasteiger partial charge in [0.15, 0.2) is 0 Å². The molecular weight excluding hydrogens is 324 g/mol. The van der Waals surface area contributed by atoms with Gasteiger partial charge in [-0.25, -0.2) is 0 Å². The lowest BCUT2D eigenvalue weighted by atomic mass is 9.92. The smallest absolute Gasteiger partial charge is 0.255 e. The van der Waals surface area contributed by atoms with Crippen LogP contribution in [0.1, 0.15) is 39.5 Å². The molecule has 1 aliphatic carbocycles. The minimum Gasteiger partial charge on any atom is -0.489 e. The number of rotatable bonds is 5. The second-order valence-electron chi connectivity index (χ2n) is 7.04. The lowest BCUT2D eigenvalue weighted by Crippen LogP contribution is -2.37. The van der Waals surface area contributed by atoms with Crippen LogP contribution in [0.2, 0.25) is 5.02 Å². The van der Waals surface area contributed by atoms with E-state index in [1.54, 1.807) is 12.3 Å². The zero-order valence-electron chi connectivity index (χ0n) is 14.3. The van der Waals surface area contributed by atoms with Gasteiger partial charge >= 0.3 is 0 Å². The van der Waals surface area contributed by atoms with Gasteiger partial charge in [-0.05, 0) is 56.3 Å². The number of aromatic nitrogens is 1. The first-order valence-electron chi connectivity index (χ1n) is 8.74. The first-order chi connectivity index (χ1) is 11.5. The van der Waals surface area contributed by atoms with E-state index in [9.17, 15) is 4.79 Å². The van der Waals surface area contributed by atoms with E-state index in [0.29, 0.717) is 28.1 Å². The molecule has 5 heteroatoms. The van der Waals surface area contributed by atoms with Crippen molar-refractivity contribution in [1.29, 1.82) is 0 Å². The summed E-state index contributed by atoms with van der Waals surface area (Å²) < 4.78 is 6.14. The second kappa shape index (κ2) is 7.58. The summed E-state index contributed by atoms with van der Waals surface area (Å²) in [7, 11) is 0. The van der Waals surface area contributed by atoms with Gasteiger partial charge in [0.1, 0.15) is 5.75 Å². The van der Waals surface area contributed by atoms with Gasteiger partial charge in [0.05, 0.1) is 11.1 Å². The molecule has 4 nitrogen and oxygen atoms in total. The highest BCUT2D eigenvalue weighted by Gasteiger charge is 2.23. The highest BCUT2D eigenvalue weighted by atomic mass is 35.5. The molecule has 0 bridgehead atoms. The molecule has 0 atom stereocenters. The number of H-pyrrole nitrogens is 1. The van der Waals surface area contributed by atoms with Gasteiger partial charge in [0.2, 0.25) is 0 Å². The van der Waals surface area contributed by atoms with Crippen LogP contribution in [0.3, 0.4) is 0 Å². The summed E-state index contributed by atoms with van der Waals surface area (Å²) in [6, 6.07) is 6.00. The molecule has 0 unspecified atom stereocenters. The van der Waals surface area contributed by atoms with E-state index in [-0.39, 0.29) is 11.7 Å². The number of fused-ring (bicyclic) bond motifs is 1. The summed E-state index contributed by atoms with van der Waals surface area (Å²) in [6.45, 7) is 5.53. The number of benzene rings is 1. The predicted molar refractivity (Wildman–Crippen MR) is 99.1 cm³/mol. The van der Waals surface area contributed by atoms with Crippen molar-refractivity contribution < 1.29 is 4.74 Å². The van der Waals surface area contributed by atoms with Crippen LogP contribution in [0, 0.1) is 5.92 Å². The Labute approximate surface area is 147 Å². The van der Waals surface area contributed by atoms with Crippen molar-refractivity contribution in [3.63, 3.8) is 0 Å². The Kier molecular flexibility index (Phi) is 5.47. The van der Waals surface area contributed by atoms with E-state index in [1.807, 2.05) is 12.1 Å². The molecule has 1 aliphatic rings. The first kappa shape index (κ1) is 17.3. The highest BCUT2D eigenvalue weighted by molar-refractivity contribution is 6.37. The molecular formula is C19H25ClN2O2. The van der Waals surface area contributed by atoms with E-state index in [2.05, 4.69) is 24.1 Å². The molecule has 1 aromatic carbocycles. The van der Waals surface area contributed by atoms with Crippen LogP contribution < -0.4 is 15.6 Å². The zero-order chi connectivity index (χ0) is 17.1. The van der Waals surface area contributed by atoms with E-state index in [0.717, 1.165) is 37.6 Å². The van der Waals surface area contributed by atoms with Crippen LogP contribution >= 0.6 is 11.6 Å². The van der Waals surface area contributed by atoms with E-state index in [4.69, 9.17) is 16.3 Å². The third-order valence-electron chi connectivity index (χ3n) is 4.64. The normalized spacial score (nSPS) is 21.3. The maximum absolute atomic E-state index is 11.8. The minimum absolute atomic E-state index is 0.127. The largest absolute Gasteiger partial charge is 0.489 e. The van der Waals surface area contributed by atoms with Crippen LogP contribution in [0.5, 0.6) is 5.75 Å². The van der Waals surface area contributed by atoms with Crippen molar-refractivity contribution >= 4 is 22.4 Å². The number of nitrogens with one attached hydrogen (secondary N) is 2. The SMILES string of the molecule is CC(C)CNC1CCC(Oc2ccc3c(=O)[nH]ccc3c2Cl)CC1. The Balaban J connectivity index is 1.64. The molecule has 24 heavy (non-hydrogen) atoms. The molecule has 1 fully saturated rings. The highest BCUT2D eigenvalue weighted by Crippen LogP contribution is 2.34. The maximum atomic E-state index is 11.8. The van der Waals surface area contributed by atoms with Gasteiger partial charge in [-0.1, -0.05) is 25.4 Å². The summed E-state index contributed by atoms with van der Waals surface area (Å²) in [5, 5.41) is 5.49. The predicted octanol–water partition coefficient (Wildman–Crippen LogP) is 4.12. The first-order valence-corrected chi connectivity index (χ1v) is 9.12. The molecule has 130 valence electrons. The average Bonchev–Trinajstić information content (AvgIpc) is 2.57. The molecule has 1 saturated carbocycles. The molecule has 0 spiro atoms. The fourth-order valence-electron chi connectivity index (χ4n) is 3.27. The van der Waals surface area contributed by atoms with Crippen LogP contribution in [0.15, 0.2) is 29.2 Å². The fraction of sp³-hybridized carbons (Fsp3) is 0.526. The van der Waals surface area contributed by atoms with Crippen LogP contribution in [0.4, 0.5) is 0 Å². The lowest BCUT2D eigenvalue weighted by molar-refractivity contribution is 0.139. The molecule has 2 N–H and O–H groups in total. The van der Waals surface area contributed by atoms with Gasteiger partial charge < -0.3 is 15.0 Å². The molecule has 1 heterocycles. The van der Waals surface area contributed by atoms with E-state index in [1.165, 1.54) is 0 Å². The number of halogens is 1. The Morgan fingerprint density at radius 2 is 1.96 bits per heavy atom. The number of hydrogen-bond donors (Lipinski definition) is 2. The van der Waals surface area contributed by atoms with Gasteiger partial charge in [-0.2, -0.15) is 0 Å². The molecule has 0 amide bonds. The van der Waals surface area contributed by atoms with Crippen LogP contribution in [-0.4, -0.2) is 23.7 Å². The third-order valence-corrected chi connectivity index (χ3v) is 5.03. The van der Waals surface area contributed by atoms with Crippen LogP contribution in [-0.2, 0) is 0 Å². The number of pyridine rings is 1. The Morgan fingerprint density at radius 3 is 2.67 bits per heavy atom. The van der Waals surface area contributed by atoms with Crippen molar-refractivity contribution in [3.8, 4) is 5.75 Å². The Morgan fingerprint density at radius 1 is 1.21 bits per heavy atom. The number of aromatic amines is 1. The summed E-state index contributed by atoms with van der Waals surface area (Å²) in [6.07, 6.45) is 6.12. The Hall–Kier alpha value is -1.52. The van der Waals surface area contributed by atoms with E-state index >= 15 is 0 Å². The third kappa shape index (κ3) is 3.93. The summed E-state index contributed by atoms with van der Waals surface area (Å²) in [4.78, 5) is 14.5. The van der Waals surface area contributed by atoms with Crippen molar-refractivity contribution in [3.05, 3.63) is 39.8 Å². The van der Waals surface area contributed by atoms with Crippen molar-refractivity contribution in [2.75, 3.05) is 6.54 Å². The minimum atomic E-state index is -0.127. The molecule has 0 saturated heterocycles. The monoisotopic (exact) mass is 348 g/mol. The summed E-state index contributed by atoms with van der Waals surface area (Å²) in [5.74, 6) is 1.35. The summed E-state index contributed by atoms with van der Waals surface area (Å²) >= 11 is 6.46. The molecule has 1 aromatic heterocycles. The topological polar surface area (TPSA) is 54.1 Å².